The van der Waals surface area contributed by atoms with E-state index in [2.05, 4.69) is 10.2 Å². The number of sulfonamides is 1. The van der Waals surface area contributed by atoms with Gasteiger partial charge in [-0.1, -0.05) is 6.07 Å². The van der Waals surface area contributed by atoms with E-state index in [4.69, 9.17) is 4.74 Å². The maximum absolute atomic E-state index is 13.8. The van der Waals surface area contributed by atoms with Crippen molar-refractivity contribution in [2.45, 2.75) is 49.0 Å². The Balaban J connectivity index is 1.98. The molecule has 3 atom stereocenters. The Morgan fingerprint density at radius 3 is 2.57 bits per heavy atom. The molecule has 2 aliphatic heterocycles. The van der Waals surface area contributed by atoms with Crippen LogP contribution < -0.4 is 5.32 Å². The van der Waals surface area contributed by atoms with Gasteiger partial charge in [0.2, 0.25) is 15.9 Å². The van der Waals surface area contributed by atoms with Gasteiger partial charge < -0.3 is 10.1 Å². The van der Waals surface area contributed by atoms with Gasteiger partial charge in [0.15, 0.2) is 0 Å². The second kappa shape index (κ2) is 8.45. The summed E-state index contributed by atoms with van der Waals surface area (Å²) in [6.45, 7) is 3.59. The van der Waals surface area contributed by atoms with Crippen molar-refractivity contribution in [2.24, 2.45) is 0 Å². The summed E-state index contributed by atoms with van der Waals surface area (Å²) in [5.74, 6) is -0.326. The van der Waals surface area contributed by atoms with Crippen molar-refractivity contribution in [3.8, 4) is 0 Å². The Hall–Kier alpha value is -1.69. The third kappa shape index (κ3) is 4.63. The number of hydrogen-bond acceptors (Lipinski definition) is 5. The number of amides is 1. The fraction of sp³-hybridized carbons (Fsp3) is 0.632. The molecule has 1 aromatic carbocycles. The molecule has 0 spiro atoms. The number of nitrogens with one attached hydrogen (secondary N) is 1. The Labute approximate surface area is 174 Å². The quantitative estimate of drug-likeness (QED) is 0.761. The van der Waals surface area contributed by atoms with E-state index in [1.807, 2.05) is 6.92 Å². The van der Waals surface area contributed by atoms with Crippen LogP contribution in [-0.2, 0) is 25.7 Å². The van der Waals surface area contributed by atoms with Gasteiger partial charge in [-0.2, -0.15) is 13.2 Å². The summed E-state index contributed by atoms with van der Waals surface area (Å²) in [7, 11) is -1.52. The molecule has 2 heterocycles. The number of benzene rings is 1. The Bertz CT molecular complexity index is 905. The van der Waals surface area contributed by atoms with E-state index >= 15 is 0 Å². The maximum atomic E-state index is 13.8. The minimum absolute atomic E-state index is 0.0602. The molecule has 0 aliphatic carbocycles. The first-order valence-corrected chi connectivity index (χ1v) is 11.1. The molecular formula is C19H26F3N3O4S. The van der Waals surface area contributed by atoms with Crippen molar-refractivity contribution in [3.63, 3.8) is 0 Å². The molecule has 0 radical (unpaired) electrons. The molecule has 3 rings (SSSR count). The number of halogens is 3. The van der Waals surface area contributed by atoms with E-state index in [1.54, 1.807) is 0 Å². The Morgan fingerprint density at radius 2 is 1.97 bits per heavy atom. The van der Waals surface area contributed by atoms with E-state index in [-0.39, 0.29) is 30.0 Å². The Kier molecular flexibility index (Phi) is 6.47. The molecule has 2 aliphatic rings. The zero-order valence-electron chi connectivity index (χ0n) is 17.1. The van der Waals surface area contributed by atoms with Crippen molar-refractivity contribution >= 4 is 15.9 Å². The van der Waals surface area contributed by atoms with Crippen molar-refractivity contribution in [1.29, 1.82) is 0 Å². The fourth-order valence-electron chi connectivity index (χ4n) is 4.08. The molecule has 0 saturated carbocycles. The molecule has 11 heteroatoms. The predicted molar refractivity (Wildman–Crippen MR) is 103 cm³/mol. The second-order valence-corrected chi connectivity index (χ2v) is 10.1. The van der Waals surface area contributed by atoms with Gasteiger partial charge >= 0.3 is 6.18 Å². The summed E-state index contributed by atoms with van der Waals surface area (Å²) in [5, 5.41) is 2.65. The van der Waals surface area contributed by atoms with Crippen LogP contribution in [0, 0.1) is 0 Å². The largest absolute Gasteiger partial charge is 0.416 e. The van der Waals surface area contributed by atoms with Crippen LogP contribution in [0.3, 0.4) is 0 Å². The summed E-state index contributed by atoms with van der Waals surface area (Å²) >= 11 is 0. The first kappa shape index (κ1) is 23.0. The number of nitrogens with zero attached hydrogens (tertiary/aromatic N) is 2. The Morgan fingerprint density at radius 1 is 1.27 bits per heavy atom. The summed E-state index contributed by atoms with van der Waals surface area (Å²) in [5.41, 5.74) is -1.18. The predicted octanol–water partition coefficient (Wildman–Crippen LogP) is 2.00. The smallest absolute Gasteiger partial charge is 0.379 e. The van der Waals surface area contributed by atoms with E-state index in [0.717, 1.165) is 16.4 Å². The molecule has 2 unspecified atom stereocenters. The van der Waals surface area contributed by atoms with E-state index < -0.39 is 32.7 Å². The standard InChI is InChI=1S/C19H26F3N3O4S/c1-12-11-29-7-6-25(12)13-8-17(23-18(26)9-13)15-5-4-14(30(27,28)24(2)3)10-16(15)19(20,21)22/h4-5,10,12-13,17H,6-9,11H2,1-3H3,(H,23,26)/t12-,13?,17?/m1/s1. The van der Waals surface area contributed by atoms with Crippen LogP contribution in [0.15, 0.2) is 23.1 Å². The van der Waals surface area contributed by atoms with Gasteiger partial charge in [0.1, 0.15) is 0 Å². The van der Waals surface area contributed by atoms with Gasteiger partial charge in [0.25, 0.3) is 0 Å². The average molecular weight is 449 g/mol. The lowest BCUT2D eigenvalue weighted by Crippen LogP contribution is -2.54. The SMILES string of the molecule is C[C@@H]1COCCN1C1CC(=O)NC(c2ccc(S(=O)(=O)N(C)C)cc2C(F)(F)F)C1. The number of piperidine rings is 1. The molecule has 2 fully saturated rings. The van der Waals surface area contributed by atoms with Crippen molar-refractivity contribution in [3.05, 3.63) is 29.3 Å². The highest BCUT2D eigenvalue weighted by atomic mass is 32.2. The van der Waals surface area contributed by atoms with E-state index in [0.29, 0.717) is 32.2 Å². The molecule has 0 bridgehead atoms. The van der Waals surface area contributed by atoms with E-state index in [9.17, 15) is 26.4 Å². The number of morpholine rings is 1. The lowest BCUT2D eigenvalue weighted by Gasteiger charge is -2.43. The fourth-order valence-corrected chi connectivity index (χ4v) is 5.01. The van der Waals surface area contributed by atoms with Gasteiger partial charge in [-0.3, -0.25) is 9.69 Å². The van der Waals surface area contributed by atoms with Crippen LogP contribution in [-0.4, -0.2) is 69.5 Å². The van der Waals surface area contributed by atoms with Gasteiger partial charge in [-0.05, 0) is 31.0 Å². The van der Waals surface area contributed by atoms with Crippen LogP contribution in [0.1, 0.15) is 36.9 Å². The minimum Gasteiger partial charge on any atom is -0.379 e. The third-order valence-corrected chi connectivity index (χ3v) is 7.45. The average Bonchev–Trinajstić information content (AvgIpc) is 2.66. The molecule has 1 aromatic rings. The molecule has 7 nitrogen and oxygen atoms in total. The maximum Gasteiger partial charge on any atom is 0.416 e. The van der Waals surface area contributed by atoms with Gasteiger partial charge in [0, 0.05) is 39.1 Å². The molecule has 30 heavy (non-hydrogen) atoms. The van der Waals surface area contributed by atoms with Gasteiger partial charge in [0.05, 0.1) is 29.7 Å². The second-order valence-electron chi connectivity index (χ2n) is 7.91. The molecular weight excluding hydrogens is 423 g/mol. The molecule has 1 N–H and O–H groups in total. The number of rotatable bonds is 4. The number of carbonyl (C=O) groups is 1. The number of carbonyl (C=O) groups excluding carboxylic acids is 1. The molecule has 2 saturated heterocycles. The zero-order chi connectivity index (χ0) is 22.3. The van der Waals surface area contributed by atoms with Gasteiger partial charge in [-0.25, -0.2) is 12.7 Å². The van der Waals surface area contributed by atoms with Crippen molar-refractivity contribution in [1.82, 2.24) is 14.5 Å². The van der Waals surface area contributed by atoms with Gasteiger partial charge in [-0.15, -0.1) is 0 Å². The summed E-state index contributed by atoms with van der Waals surface area (Å²) < 4.78 is 72.4. The van der Waals surface area contributed by atoms with Crippen LogP contribution in [0.5, 0.6) is 0 Å². The summed E-state index contributed by atoms with van der Waals surface area (Å²) in [6.07, 6.45) is -4.26. The van der Waals surface area contributed by atoms with Crippen LogP contribution >= 0.6 is 0 Å². The van der Waals surface area contributed by atoms with Crippen LogP contribution in [0.4, 0.5) is 13.2 Å². The third-order valence-electron chi connectivity index (χ3n) is 5.64. The number of alkyl halides is 3. The van der Waals surface area contributed by atoms with Crippen LogP contribution in [0.25, 0.3) is 0 Å². The zero-order valence-corrected chi connectivity index (χ0v) is 17.9. The lowest BCUT2D eigenvalue weighted by molar-refractivity contribution is -0.139. The topological polar surface area (TPSA) is 79.0 Å². The highest BCUT2D eigenvalue weighted by Crippen LogP contribution is 2.39. The minimum atomic E-state index is -4.77. The molecule has 1 amide bonds. The van der Waals surface area contributed by atoms with Crippen molar-refractivity contribution < 1.29 is 31.1 Å². The molecule has 0 aromatic heterocycles. The first-order chi connectivity index (χ1) is 13.9. The molecule has 168 valence electrons. The number of hydrogen-bond donors (Lipinski definition) is 1. The number of ether oxygens (including phenoxy) is 1. The summed E-state index contributed by atoms with van der Waals surface area (Å²) in [6, 6.07) is 1.96. The van der Waals surface area contributed by atoms with Crippen LogP contribution in [0.2, 0.25) is 0 Å². The first-order valence-electron chi connectivity index (χ1n) is 9.67. The summed E-state index contributed by atoms with van der Waals surface area (Å²) in [4.78, 5) is 14.0. The highest BCUT2D eigenvalue weighted by molar-refractivity contribution is 7.89. The lowest BCUT2D eigenvalue weighted by atomic mass is 9.89. The van der Waals surface area contributed by atoms with Crippen molar-refractivity contribution in [2.75, 3.05) is 33.9 Å². The van der Waals surface area contributed by atoms with E-state index in [1.165, 1.54) is 14.1 Å². The highest BCUT2D eigenvalue weighted by Gasteiger charge is 2.40. The normalized spacial score (nSPS) is 26.6. The monoisotopic (exact) mass is 449 g/mol.